The lowest BCUT2D eigenvalue weighted by molar-refractivity contribution is -0.249. The van der Waals surface area contributed by atoms with Gasteiger partial charge in [0.15, 0.2) is 0 Å². The van der Waals surface area contributed by atoms with Crippen molar-refractivity contribution in [2.45, 2.75) is 38.1 Å². The summed E-state index contributed by atoms with van der Waals surface area (Å²) in [6.07, 6.45) is -4.80. The number of alkyl halides is 3. The first-order valence-corrected chi connectivity index (χ1v) is 9.44. The molecule has 2 aromatic rings. The van der Waals surface area contributed by atoms with Gasteiger partial charge in [0.25, 0.3) is 0 Å². The minimum Gasteiger partial charge on any atom is -0.495 e. The Balaban J connectivity index is 1.79. The molecule has 0 radical (unpaired) electrons. The molecule has 0 aliphatic carbocycles. The first-order valence-electron chi connectivity index (χ1n) is 10.9. The van der Waals surface area contributed by atoms with Crippen LogP contribution >= 0.6 is 0 Å². The Bertz CT molecular complexity index is 1210. The highest BCUT2D eigenvalue weighted by atomic mass is 19.4. The number of aliphatic imine (C=N–C) groups is 1. The van der Waals surface area contributed by atoms with Crippen LogP contribution in [0.3, 0.4) is 0 Å². The topological polar surface area (TPSA) is 108 Å². The van der Waals surface area contributed by atoms with Gasteiger partial charge >= 0.3 is 12.3 Å². The molecule has 1 aromatic carbocycles. The Hall–Kier alpha value is -3.41. The van der Waals surface area contributed by atoms with Crippen molar-refractivity contribution in [2.24, 2.45) is 10.7 Å². The van der Waals surface area contributed by atoms with Gasteiger partial charge in [0.2, 0.25) is 11.5 Å². The monoisotopic (exact) mass is 473 g/mol. The molecule has 0 bridgehead atoms. The van der Waals surface area contributed by atoms with Crippen LogP contribution in [0.25, 0.3) is 0 Å². The maximum absolute atomic E-state index is 14.7. The highest BCUT2D eigenvalue weighted by molar-refractivity contribution is 5.91. The van der Waals surface area contributed by atoms with Gasteiger partial charge in [-0.15, -0.1) is 0 Å². The summed E-state index contributed by atoms with van der Waals surface area (Å²) in [5.41, 5.74) is 1.29. The van der Waals surface area contributed by atoms with E-state index < -0.39 is 48.7 Å². The largest absolute Gasteiger partial charge is 0.495 e. The zero-order valence-electron chi connectivity index (χ0n) is 20.7. The number of carbonyl (C=O) groups is 1. The van der Waals surface area contributed by atoms with Gasteiger partial charge in [-0.1, -0.05) is 0 Å². The molecule has 0 saturated heterocycles. The van der Waals surface area contributed by atoms with Gasteiger partial charge < -0.3 is 19.9 Å². The van der Waals surface area contributed by atoms with E-state index in [4.69, 9.17) is 24.1 Å². The molecule has 8 nitrogen and oxygen atoms in total. The summed E-state index contributed by atoms with van der Waals surface area (Å²) in [7, 11) is -2.69. The average Bonchev–Trinajstić information content (AvgIpc) is 2.72. The Morgan fingerprint density at radius 2 is 2.06 bits per heavy atom. The molecule has 1 aromatic heterocycles. The summed E-state index contributed by atoms with van der Waals surface area (Å²) in [5, 5.41) is 2.36. The number of amides is 1. The standard InChI is InChI=1S/C21H22F4N4O4/c1-11-7-13(31-4)9-27-16(11)33-18(30)28-12-5-6-15(22)14(8-12)19(2)10-32-20(3,17(26)29-19)21(23,24)25/h5-9H,10H2,1-4H3,(H2,26,29)(H,28,30)/i4D3. The van der Waals surface area contributed by atoms with Gasteiger partial charge in [-0.3, -0.25) is 10.3 Å². The van der Waals surface area contributed by atoms with Crippen LogP contribution in [-0.4, -0.2) is 42.3 Å². The highest BCUT2D eigenvalue weighted by Gasteiger charge is 2.59. The molecule has 0 spiro atoms. The minimum atomic E-state index is -4.84. The van der Waals surface area contributed by atoms with Crippen LogP contribution in [0.15, 0.2) is 35.5 Å². The van der Waals surface area contributed by atoms with Gasteiger partial charge in [-0.25, -0.2) is 14.2 Å². The molecule has 1 amide bonds. The molecular formula is C21H22F4N4O4. The smallest absolute Gasteiger partial charge is 0.424 e. The van der Waals surface area contributed by atoms with Gasteiger partial charge in [-0.2, -0.15) is 13.2 Å². The van der Waals surface area contributed by atoms with E-state index in [0.29, 0.717) is 0 Å². The van der Waals surface area contributed by atoms with Gasteiger partial charge in [0.05, 0.1) is 24.0 Å². The van der Waals surface area contributed by atoms with Crippen molar-refractivity contribution in [2.75, 3.05) is 19.0 Å². The number of nitrogens with zero attached hydrogens (tertiary/aromatic N) is 2. The summed E-state index contributed by atoms with van der Waals surface area (Å²) in [5.74, 6) is -1.89. The number of pyridine rings is 1. The number of hydrogen-bond donors (Lipinski definition) is 2. The summed E-state index contributed by atoms with van der Waals surface area (Å²) in [4.78, 5) is 20.1. The van der Waals surface area contributed by atoms with Crippen molar-refractivity contribution in [1.29, 1.82) is 0 Å². The first-order chi connectivity index (χ1) is 16.4. The number of nitrogens with one attached hydrogen (secondary N) is 1. The molecule has 1 aliphatic heterocycles. The number of carbonyl (C=O) groups excluding carboxylic acids is 1. The molecule has 3 N–H and O–H groups in total. The lowest BCUT2D eigenvalue weighted by Gasteiger charge is -2.41. The van der Waals surface area contributed by atoms with Crippen LogP contribution in [0, 0.1) is 12.7 Å². The molecule has 3 rings (SSSR count). The summed E-state index contributed by atoms with van der Waals surface area (Å²) >= 11 is 0. The van der Waals surface area contributed by atoms with E-state index in [1.165, 1.54) is 32.0 Å². The Morgan fingerprint density at radius 3 is 2.67 bits per heavy atom. The maximum Gasteiger partial charge on any atom is 0.424 e. The van der Waals surface area contributed by atoms with Crippen LogP contribution in [0.1, 0.15) is 29.1 Å². The fraction of sp³-hybridized carbons (Fsp3) is 0.381. The van der Waals surface area contributed by atoms with Crippen LogP contribution in [0.4, 0.5) is 28.0 Å². The zero-order valence-corrected chi connectivity index (χ0v) is 17.7. The lowest BCUT2D eigenvalue weighted by atomic mass is 9.89. The molecular weight excluding hydrogens is 448 g/mol. The van der Waals surface area contributed by atoms with Gasteiger partial charge in [0.1, 0.15) is 22.9 Å². The minimum absolute atomic E-state index is 0.0376. The SMILES string of the molecule is [2H]C([2H])([2H])Oc1cnc(OC(=O)Nc2ccc(F)c(C3(C)COC(C)(C(F)(F)F)C(N)=N3)c2)c(C)c1. The summed E-state index contributed by atoms with van der Waals surface area (Å²) < 4.78 is 90.9. The molecule has 0 saturated carbocycles. The fourth-order valence-corrected chi connectivity index (χ4v) is 3.07. The first kappa shape index (κ1) is 20.2. The third-order valence-corrected chi connectivity index (χ3v) is 5.14. The Morgan fingerprint density at radius 1 is 1.33 bits per heavy atom. The third-order valence-electron chi connectivity index (χ3n) is 5.14. The maximum atomic E-state index is 14.7. The molecule has 12 heteroatoms. The van der Waals surface area contributed by atoms with E-state index in [9.17, 15) is 22.4 Å². The number of nitrogens with two attached hydrogens (primary N) is 1. The van der Waals surface area contributed by atoms with E-state index >= 15 is 0 Å². The molecule has 33 heavy (non-hydrogen) atoms. The van der Waals surface area contributed by atoms with E-state index in [1.54, 1.807) is 0 Å². The second kappa shape index (κ2) is 8.50. The van der Waals surface area contributed by atoms with Crippen LogP contribution < -0.4 is 20.5 Å². The number of anilines is 1. The number of aromatic nitrogens is 1. The van der Waals surface area contributed by atoms with Crippen molar-refractivity contribution in [3.63, 3.8) is 0 Å². The van der Waals surface area contributed by atoms with E-state index in [1.807, 2.05) is 0 Å². The molecule has 2 heterocycles. The number of amidine groups is 1. The number of ether oxygens (including phenoxy) is 3. The predicted molar refractivity (Wildman–Crippen MR) is 111 cm³/mol. The number of aryl methyl sites for hydroxylation is 1. The highest BCUT2D eigenvalue weighted by Crippen LogP contribution is 2.41. The quantitative estimate of drug-likeness (QED) is 0.648. The van der Waals surface area contributed by atoms with Crippen molar-refractivity contribution in [3.05, 3.63) is 47.4 Å². The lowest BCUT2D eigenvalue weighted by Crippen LogP contribution is -2.60. The van der Waals surface area contributed by atoms with Crippen molar-refractivity contribution in [3.8, 4) is 11.6 Å². The number of methoxy groups -OCH3 is 1. The van der Waals surface area contributed by atoms with E-state index in [-0.39, 0.29) is 28.4 Å². The predicted octanol–water partition coefficient (Wildman–Crippen LogP) is 4.07. The van der Waals surface area contributed by atoms with Crippen LogP contribution in [0.5, 0.6) is 11.6 Å². The Kier molecular flexibility index (Phi) is 5.21. The van der Waals surface area contributed by atoms with E-state index in [2.05, 4.69) is 15.3 Å². The Labute approximate surface area is 191 Å². The number of benzene rings is 1. The molecule has 2 unspecified atom stereocenters. The summed E-state index contributed by atoms with van der Waals surface area (Å²) in [6, 6.07) is 4.66. The number of halogens is 4. The number of hydrogen-bond acceptors (Lipinski definition) is 7. The van der Waals surface area contributed by atoms with Gasteiger partial charge in [0, 0.05) is 16.8 Å². The average molecular weight is 473 g/mol. The summed E-state index contributed by atoms with van der Waals surface area (Å²) in [6.45, 7) is 2.93. The number of rotatable bonds is 4. The second-order valence-electron chi connectivity index (χ2n) is 7.69. The van der Waals surface area contributed by atoms with Crippen LogP contribution in [0.2, 0.25) is 0 Å². The van der Waals surface area contributed by atoms with E-state index in [0.717, 1.165) is 19.2 Å². The normalized spacial score (nSPS) is 24.7. The van der Waals surface area contributed by atoms with Crippen molar-refractivity contribution in [1.82, 2.24) is 4.98 Å². The molecule has 2 atom stereocenters. The van der Waals surface area contributed by atoms with Crippen molar-refractivity contribution >= 4 is 17.6 Å². The molecule has 1 aliphatic rings. The third kappa shape index (κ3) is 4.70. The zero-order chi connectivity index (χ0) is 27.1. The fourth-order valence-electron chi connectivity index (χ4n) is 3.07. The molecule has 0 fully saturated rings. The second-order valence-corrected chi connectivity index (χ2v) is 7.69. The van der Waals surface area contributed by atoms with Crippen LogP contribution in [-0.2, 0) is 10.3 Å². The van der Waals surface area contributed by atoms with Gasteiger partial charge in [-0.05, 0) is 45.0 Å². The molecule has 178 valence electrons. The van der Waals surface area contributed by atoms with Crippen molar-refractivity contribution < 1.29 is 40.7 Å².